The molecule has 1 fully saturated rings. The van der Waals surface area contributed by atoms with E-state index in [0.29, 0.717) is 31.7 Å². The fraction of sp³-hybridized carbons (Fsp3) is 0.375. The van der Waals surface area contributed by atoms with Gasteiger partial charge in [-0.2, -0.15) is 5.10 Å². The van der Waals surface area contributed by atoms with Crippen LogP contribution in [0.2, 0.25) is 0 Å². The normalized spacial score (nSPS) is 15.2. The summed E-state index contributed by atoms with van der Waals surface area (Å²) in [6.45, 7) is 0.911. The van der Waals surface area contributed by atoms with Crippen molar-refractivity contribution in [3.05, 3.63) is 35.9 Å². The number of furan rings is 1. The first-order valence-electron chi connectivity index (χ1n) is 7.93. The van der Waals surface area contributed by atoms with Crippen molar-refractivity contribution in [2.75, 3.05) is 18.4 Å². The second-order valence-electron chi connectivity index (χ2n) is 5.94. The van der Waals surface area contributed by atoms with Crippen LogP contribution in [0.1, 0.15) is 33.9 Å². The second kappa shape index (κ2) is 6.80. The molecule has 25 heavy (non-hydrogen) atoms. The van der Waals surface area contributed by atoms with Crippen LogP contribution in [0.15, 0.2) is 28.9 Å². The number of rotatable bonds is 4. The summed E-state index contributed by atoms with van der Waals surface area (Å²) in [6.07, 6.45) is 2.51. The zero-order valence-corrected chi connectivity index (χ0v) is 13.8. The Morgan fingerprint density at radius 2 is 2.04 bits per heavy atom. The molecule has 3 amide bonds. The summed E-state index contributed by atoms with van der Waals surface area (Å²) >= 11 is 0. The fourth-order valence-corrected chi connectivity index (χ4v) is 2.80. The molecule has 9 heteroatoms. The average molecular weight is 345 g/mol. The van der Waals surface area contributed by atoms with E-state index in [9.17, 15) is 14.4 Å². The van der Waals surface area contributed by atoms with Crippen molar-refractivity contribution in [2.24, 2.45) is 18.7 Å². The van der Waals surface area contributed by atoms with Crippen LogP contribution < -0.4 is 11.1 Å². The number of amides is 3. The molecule has 0 spiro atoms. The lowest BCUT2D eigenvalue weighted by Gasteiger charge is -2.29. The Labute approximate surface area is 143 Å². The zero-order chi connectivity index (χ0) is 18.0. The van der Waals surface area contributed by atoms with E-state index in [0.717, 1.165) is 0 Å². The van der Waals surface area contributed by atoms with Crippen molar-refractivity contribution < 1.29 is 18.8 Å². The van der Waals surface area contributed by atoms with E-state index in [-0.39, 0.29) is 29.2 Å². The molecular formula is C16H19N5O4. The molecule has 1 aliphatic heterocycles. The molecular weight excluding hydrogens is 326 g/mol. The van der Waals surface area contributed by atoms with Gasteiger partial charge in [-0.15, -0.1) is 0 Å². The highest BCUT2D eigenvalue weighted by Gasteiger charge is 2.28. The summed E-state index contributed by atoms with van der Waals surface area (Å²) in [5, 5.41) is 6.81. The third kappa shape index (κ3) is 3.54. The van der Waals surface area contributed by atoms with Gasteiger partial charge in [0.15, 0.2) is 11.5 Å². The number of likely N-dealkylation sites (tertiary alicyclic amines) is 1. The quantitative estimate of drug-likeness (QED) is 0.840. The summed E-state index contributed by atoms with van der Waals surface area (Å²) < 4.78 is 6.45. The lowest BCUT2D eigenvalue weighted by Crippen LogP contribution is -2.41. The Kier molecular flexibility index (Phi) is 4.55. The maximum atomic E-state index is 12.6. The number of anilines is 1. The van der Waals surface area contributed by atoms with E-state index in [1.54, 1.807) is 24.1 Å². The minimum absolute atomic E-state index is 0.169. The molecule has 9 nitrogen and oxygen atoms in total. The lowest BCUT2D eigenvalue weighted by molar-refractivity contribution is -0.123. The third-order valence-electron chi connectivity index (χ3n) is 4.27. The van der Waals surface area contributed by atoms with Gasteiger partial charge >= 0.3 is 0 Å². The zero-order valence-electron chi connectivity index (χ0n) is 13.8. The Balaban J connectivity index is 1.66. The number of carbonyl (C=O) groups is 3. The molecule has 1 aliphatic rings. The molecule has 2 aromatic heterocycles. The van der Waals surface area contributed by atoms with Crippen LogP contribution in [0.3, 0.4) is 0 Å². The maximum absolute atomic E-state index is 12.6. The predicted octanol–water partition coefficient (Wildman–Crippen LogP) is 0.603. The predicted molar refractivity (Wildman–Crippen MR) is 87.7 cm³/mol. The van der Waals surface area contributed by atoms with Crippen molar-refractivity contribution >= 4 is 23.5 Å². The first-order chi connectivity index (χ1) is 12.0. The molecule has 0 atom stereocenters. The highest BCUT2D eigenvalue weighted by Crippen LogP contribution is 2.20. The van der Waals surface area contributed by atoms with Gasteiger partial charge in [-0.25, -0.2) is 0 Å². The van der Waals surface area contributed by atoms with E-state index in [1.165, 1.54) is 17.0 Å². The van der Waals surface area contributed by atoms with Crippen molar-refractivity contribution in [1.29, 1.82) is 0 Å². The van der Waals surface area contributed by atoms with Crippen LogP contribution in [-0.4, -0.2) is 45.5 Å². The molecule has 3 rings (SSSR count). The van der Waals surface area contributed by atoms with Gasteiger partial charge in [0.25, 0.3) is 11.8 Å². The second-order valence-corrected chi connectivity index (χ2v) is 5.94. The monoisotopic (exact) mass is 345 g/mol. The van der Waals surface area contributed by atoms with E-state index in [1.807, 2.05) is 0 Å². The van der Waals surface area contributed by atoms with Gasteiger partial charge < -0.3 is 20.4 Å². The molecule has 3 N–H and O–H groups in total. The number of carbonyl (C=O) groups excluding carboxylic acids is 3. The molecule has 3 heterocycles. The minimum atomic E-state index is -0.422. The molecule has 1 saturated heterocycles. The number of nitrogens with zero attached hydrogens (tertiary/aromatic N) is 3. The van der Waals surface area contributed by atoms with Gasteiger partial charge in [0.2, 0.25) is 5.91 Å². The van der Waals surface area contributed by atoms with Gasteiger partial charge in [0.1, 0.15) is 5.82 Å². The molecule has 0 saturated carbocycles. The summed E-state index contributed by atoms with van der Waals surface area (Å²) in [6, 6.07) is 4.67. The molecule has 0 unspecified atom stereocenters. The lowest BCUT2D eigenvalue weighted by atomic mass is 9.96. The number of piperidine rings is 1. The molecule has 132 valence electrons. The van der Waals surface area contributed by atoms with Gasteiger partial charge in [0, 0.05) is 32.1 Å². The summed E-state index contributed by atoms with van der Waals surface area (Å²) in [7, 11) is 1.63. The topological polar surface area (TPSA) is 123 Å². The number of hydrogen-bond acceptors (Lipinski definition) is 5. The van der Waals surface area contributed by atoms with Gasteiger partial charge in [-0.3, -0.25) is 19.1 Å². The summed E-state index contributed by atoms with van der Waals surface area (Å²) in [5.41, 5.74) is 5.53. The molecule has 0 aromatic carbocycles. The Hall–Kier alpha value is -3.10. The number of nitrogens with two attached hydrogens (primary N) is 1. The van der Waals surface area contributed by atoms with Crippen LogP contribution in [0.5, 0.6) is 0 Å². The standard InChI is InChI=1S/C16H19N5O4/c1-20-13(18-15(23)12-3-2-8-25-12)9-11(19-20)16(24)21-6-4-10(5-7-21)14(17)22/h2-3,8-10H,4-7H2,1H3,(H2,17,22)(H,18,23). The van der Waals surface area contributed by atoms with Crippen molar-refractivity contribution in [3.8, 4) is 0 Å². The van der Waals surface area contributed by atoms with Gasteiger partial charge in [0.05, 0.1) is 6.26 Å². The van der Waals surface area contributed by atoms with Crippen LogP contribution in [-0.2, 0) is 11.8 Å². The summed E-state index contributed by atoms with van der Waals surface area (Å²) in [5.74, 6) is -0.616. The molecule has 0 radical (unpaired) electrons. The van der Waals surface area contributed by atoms with Crippen LogP contribution in [0, 0.1) is 5.92 Å². The van der Waals surface area contributed by atoms with E-state index >= 15 is 0 Å². The number of nitrogens with one attached hydrogen (secondary N) is 1. The Morgan fingerprint density at radius 3 is 2.64 bits per heavy atom. The number of aryl methyl sites for hydroxylation is 1. The van der Waals surface area contributed by atoms with Gasteiger partial charge in [-0.1, -0.05) is 0 Å². The molecule has 2 aromatic rings. The van der Waals surface area contributed by atoms with Crippen LogP contribution >= 0.6 is 0 Å². The Bertz CT molecular complexity index is 788. The summed E-state index contributed by atoms with van der Waals surface area (Å²) in [4.78, 5) is 37.4. The number of aromatic nitrogens is 2. The minimum Gasteiger partial charge on any atom is -0.459 e. The SMILES string of the molecule is Cn1nc(C(=O)N2CCC(C(N)=O)CC2)cc1NC(=O)c1ccco1. The van der Waals surface area contributed by atoms with E-state index in [2.05, 4.69) is 10.4 Å². The number of primary amides is 1. The molecule has 0 bridgehead atoms. The smallest absolute Gasteiger partial charge is 0.292 e. The first kappa shape index (κ1) is 16.7. The fourth-order valence-electron chi connectivity index (χ4n) is 2.80. The van der Waals surface area contributed by atoms with Gasteiger partial charge in [-0.05, 0) is 25.0 Å². The highest BCUT2D eigenvalue weighted by atomic mass is 16.3. The largest absolute Gasteiger partial charge is 0.459 e. The highest BCUT2D eigenvalue weighted by molar-refractivity contribution is 6.02. The molecule has 0 aliphatic carbocycles. The first-order valence-corrected chi connectivity index (χ1v) is 7.93. The van der Waals surface area contributed by atoms with Crippen molar-refractivity contribution in [2.45, 2.75) is 12.8 Å². The van der Waals surface area contributed by atoms with Crippen LogP contribution in [0.25, 0.3) is 0 Å². The maximum Gasteiger partial charge on any atom is 0.292 e. The average Bonchev–Trinajstić information content (AvgIpc) is 3.25. The van der Waals surface area contributed by atoms with E-state index < -0.39 is 5.91 Å². The third-order valence-corrected chi connectivity index (χ3v) is 4.27. The van der Waals surface area contributed by atoms with Crippen LogP contribution in [0.4, 0.5) is 5.82 Å². The number of hydrogen-bond donors (Lipinski definition) is 2. The van der Waals surface area contributed by atoms with Crippen molar-refractivity contribution in [1.82, 2.24) is 14.7 Å². The van der Waals surface area contributed by atoms with Crippen molar-refractivity contribution in [3.63, 3.8) is 0 Å². The Morgan fingerprint density at radius 1 is 1.32 bits per heavy atom. The van der Waals surface area contributed by atoms with E-state index in [4.69, 9.17) is 10.2 Å².